The average molecular weight is 264 g/mol. The van der Waals surface area contributed by atoms with Crippen molar-refractivity contribution in [1.82, 2.24) is 5.32 Å². The van der Waals surface area contributed by atoms with E-state index in [0.29, 0.717) is 31.6 Å². The number of aliphatic hydroxyl groups is 1. The van der Waals surface area contributed by atoms with Crippen molar-refractivity contribution in [2.75, 3.05) is 32.1 Å². The highest BCUT2D eigenvalue weighted by Crippen LogP contribution is 2.20. The van der Waals surface area contributed by atoms with Crippen LogP contribution in [0.25, 0.3) is 0 Å². The Labute approximate surface area is 113 Å². The first-order valence-electron chi connectivity index (χ1n) is 6.50. The Morgan fingerprint density at radius 3 is 2.74 bits per heavy atom. The summed E-state index contributed by atoms with van der Waals surface area (Å²) in [5.41, 5.74) is 0.516. The summed E-state index contributed by atoms with van der Waals surface area (Å²) in [5.74, 6) is -0.176. The van der Waals surface area contributed by atoms with Gasteiger partial charge in [0.25, 0.3) is 5.91 Å². The smallest absolute Gasteiger partial charge is 0.253 e. The highest BCUT2D eigenvalue weighted by Gasteiger charge is 2.30. The minimum Gasteiger partial charge on any atom is -0.388 e. The van der Waals surface area contributed by atoms with Crippen LogP contribution in [0, 0.1) is 0 Å². The van der Waals surface area contributed by atoms with Crippen LogP contribution in [-0.2, 0) is 4.74 Å². The molecule has 19 heavy (non-hydrogen) atoms. The minimum atomic E-state index is -0.845. The molecule has 3 N–H and O–H groups in total. The average Bonchev–Trinajstić information content (AvgIpc) is 2.45. The summed E-state index contributed by atoms with van der Waals surface area (Å²) >= 11 is 0. The Kier molecular flexibility index (Phi) is 4.39. The van der Waals surface area contributed by atoms with Crippen LogP contribution < -0.4 is 10.6 Å². The van der Waals surface area contributed by atoms with Crippen molar-refractivity contribution in [1.29, 1.82) is 0 Å². The van der Waals surface area contributed by atoms with Gasteiger partial charge in [-0.3, -0.25) is 4.79 Å². The van der Waals surface area contributed by atoms with Crippen LogP contribution >= 0.6 is 0 Å². The quantitative estimate of drug-likeness (QED) is 0.759. The van der Waals surface area contributed by atoms with Gasteiger partial charge in [-0.05, 0) is 12.1 Å². The zero-order valence-corrected chi connectivity index (χ0v) is 11.1. The van der Waals surface area contributed by atoms with Crippen LogP contribution in [0.2, 0.25) is 0 Å². The molecule has 104 valence electrons. The molecular formula is C14H20N2O3. The van der Waals surface area contributed by atoms with E-state index in [9.17, 15) is 9.90 Å². The monoisotopic (exact) mass is 264 g/mol. The number of ether oxygens (including phenoxy) is 1. The molecule has 1 aromatic carbocycles. The molecule has 1 aromatic rings. The number of para-hydroxylation sites is 1. The highest BCUT2D eigenvalue weighted by atomic mass is 16.5. The SMILES string of the molecule is CNc1ccccc1C(=O)NCC1(O)CCOCC1. The third-order valence-corrected chi connectivity index (χ3v) is 3.44. The van der Waals surface area contributed by atoms with Crippen LogP contribution in [-0.4, -0.2) is 43.4 Å². The number of benzene rings is 1. The van der Waals surface area contributed by atoms with Crippen LogP contribution in [0.4, 0.5) is 5.69 Å². The van der Waals surface area contributed by atoms with E-state index in [1.165, 1.54) is 0 Å². The van der Waals surface area contributed by atoms with Crippen molar-refractivity contribution in [2.45, 2.75) is 18.4 Å². The number of carbonyl (C=O) groups is 1. The number of rotatable bonds is 4. The number of nitrogens with one attached hydrogen (secondary N) is 2. The minimum absolute atomic E-state index is 0.176. The van der Waals surface area contributed by atoms with Crippen molar-refractivity contribution < 1.29 is 14.6 Å². The Bertz CT molecular complexity index is 442. The van der Waals surface area contributed by atoms with E-state index in [-0.39, 0.29) is 12.5 Å². The molecule has 1 fully saturated rings. The van der Waals surface area contributed by atoms with Gasteiger partial charge in [-0.25, -0.2) is 0 Å². The van der Waals surface area contributed by atoms with Crippen molar-refractivity contribution >= 4 is 11.6 Å². The van der Waals surface area contributed by atoms with Gasteiger partial charge in [0.1, 0.15) is 0 Å². The lowest BCUT2D eigenvalue weighted by Crippen LogP contribution is -2.46. The van der Waals surface area contributed by atoms with Crippen LogP contribution in [0.3, 0.4) is 0 Å². The molecule has 1 saturated heterocycles. The molecule has 1 heterocycles. The molecule has 5 heteroatoms. The first kappa shape index (κ1) is 13.8. The number of anilines is 1. The van der Waals surface area contributed by atoms with Crippen molar-refractivity contribution in [3.05, 3.63) is 29.8 Å². The predicted molar refractivity (Wildman–Crippen MR) is 73.3 cm³/mol. The standard InChI is InChI=1S/C14H20N2O3/c1-15-12-5-3-2-4-11(12)13(17)16-10-14(18)6-8-19-9-7-14/h2-5,15,18H,6-10H2,1H3,(H,16,17). The van der Waals surface area contributed by atoms with Crippen LogP contribution in [0.5, 0.6) is 0 Å². The molecule has 0 radical (unpaired) electrons. The molecule has 2 rings (SSSR count). The molecule has 0 spiro atoms. The van der Waals surface area contributed by atoms with E-state index in [0.717, 1.165) is 5.69 Å². The van der Waals surface area contributed by atoms with Gasteiger partial charge in [-0.2, -0.15) is 0 Å². The second-order valence-electron chi connectivity index (χ2n) is 4.81. The lowest BCUT2D eigenvalue weighted by Gasteiger charge is -2.32. The number of hydrogen-bond donors (Lipinski definition) is 3. The van der Waals surface area contributed by atoms with E-state index in [1.54, 1.807) is 13.1 Å². The summed E-state index contributed by atoms with van der Waals surface area (Å²) in [6, 6.07) is 7.29. The summed E-state index contributed by atoms with van der Waals surface area (Å²) in [7, 11) is 1.78. The van der Waals surface area contributed by atoms with Crippen LogP contribution in [0.15, 0.2) is 24.3 Å². The highest BCUT2D eigenvalue weighted by molar-refractivity contribution is 5.99. The van der Waals surface area contributed by atoms with Crippen molar-refractivity contribution in [2.24, 2.45) is 0 Å². The molecule has 0 saturated carbocycles. The molecule has 0 aromatic heterocycles. The van der Waals surface area contributed by atoms with Gasteiger partial charge >= 0.3 is 0 Å². The maximum absolute atomic E-state index is 12.1. The first-order valence-corrected chi connectivity index (χ1v) is 6.50. The van der Waals surface area contributed by atoms with Gasteiger partial charge in [0.15, 0.2) is 0 Å². The zero-order valence-electron chi connectivity index (χ0n) is 11.1. The maximum Gasteiger partial charge on any atom is 0.253 e. The summed E-state index contributed by atoms with van der Waals surface area (Å²) in [4.78, 5) is 12.1. The second kappa shape index (κ2) is 6.04. The molecule has 5 nitrogen and oxygen atoms in total. The van der Waals surface area contributed by atoms with Gasteiger partial charge < -0.3 is 20.5 Å². The number of carbonyl (C=O) groups excluding carboxylic acids is 1. The number of amides is 1. The van der Waals surface area contributed by atoms with E-state index < -0.39 is 5.60 Å². The summed E-state index contributed by atoms with van der Waals surface area (Å²) in [6.07, 6.45) is 1.11. The van der Waals surface area contributed by atoms with Crippen molar-refractivity contribution in [3.63, 3.8) is 0 Å². The van der Waals surface area contributed by atoms with E-state index in [1.807, 2.05) is 18.2 Å². The fraction of sp³-hybridized carbons (Fsp3) is 0.500. The molecule has 1 aliphatic heterocycles. The second-order valence-corrected chi connectivity index (χ2v) is 4.81. The molecule has 1 aliphatic rings. The Morgan fingerprint density at radius 2 is 2.05 bits per heavy atom. The summed E-state index contributed by atoms with van der Waals surface area (Å²) < 4.78 is 5.21. The number of hydrogen-bond acceptors (Lipinski definition) is 4. The van der Waals surface area contributed by atoms with Gasteiger partial charge in [-0.1, -0.05) is 12.1 Å². The Morgan fingerprint density at radius 1 is 1.37 bits per heavy atom. The molecule has 0 unspecified atom stereocenters. The topological polar surface area (TPSA) is 70.6 Å². The fourth-order valence-electron chi connectivity index (χ4n) is 2.17. The molecule has 1 amide bonds. The van der Waals surface area contributed by atoms with E-state index in [4.69, 9.17) is 4.74 Å². The third kappa shape index (κ3) is 3.45. The molecule has 0 atom stereocenters. The van der Waals surface area contributed by atoms with Crippen LogP contribution in [0.1, 0.15) is 23.2 Å². The fourth-order valence-corrected chi connectivity index (χ4v) is 2.17. The molecule has 0 bridgehead atoms. The summed E-state index contributed by atoms with van der Waals surface area (Å²) in [5, 5.41) is 16.1. The zero-order chi connectivity index (χ0) is 13.7. The Hall–Kier alpha value is -1.59. The third-order valence-electron chi connectivity index (χ3n) is 3.44. The van der Waals surface area contributed by atoms with Crippen molar-refractivity contribution in [3.8, 4) is 0 Å². The first-order chi connectivity index (χ1) is 9.14. The van der Waals surface area contributed by atoms with E-state index in [2.05, 4.69) is 10.6 Å². The van der Waals surface area contributed by atoms with Gasteiger partial charge in [0, 0.05) is 45.3 Å². The van der Waals surface area contributed by atoms with Gasteiger partial charge in [0.05, 0.1) is 11.2 Å². The molecular weight excluding hydrogens is 244 g/mol. The molecule has 0 aliphatic carbocycles. The normalized spacial score (nSPS) is 17.8. The Balaban J connectivity index is 1.97. The largest absolute Gasteiger partial charge is 0.388 e. The maximum atomic E-state index is 12.1. The lowest BCUT2D eigenvalue weighted by atomic mass is 9.94. The predicted octanol–water partition coefficient (Wildman–Crippen LogP) is 1.000. The summed E-state index contributed by atoms with van der Waals surface area (Å²) in [6.45, 7) is 1.34. The van der Waals surface area contributed by atoms with Gasteiger partial charge in [0.2, 0.25) is 0 Å². The lowest BCUT2D eigenvalue weighted by molar-refractivity contribution is -0.0605. The van der Waals surface area contributed by atoms with E-state index >= 15 is 0 Å². The van der Waals surface area contributed by atoms with Gasteiger partial charge in [-0.15, -0.1) is 0 Å².